The van der Waals surface area contributed by atoms with E-state index in [0.717, 1.165) is 18.5 Å². The maximum Gasteiger partial charge on any atom is 0.227 e. The van der Waals surface area contributed by atoms with Crippen molar-refractivity contribution in [3.63, 3.8) is 0 Å². The van der Waals surface area contributed by atoms with Gasteiger partial charge in [0.2, 0.25) is 15.9 Å². The van der Waals surface area contributed by atoms with Crippen LogP contribution in [0.25, 0.3) is 0 Å². The quantitative estimate of drug-likeness (QED) is 0.867. The molecule has 1 amide bonds. The van der Waals surface area contributed by atoms with E-state index in [2.05, 4.69) is 12.2 Å². The number of benzene rings is 1. The van der Waals surface area contributed by atoms with Gasteiger partial charge in [0.05, 0.1) is 5.75 Å². The van der Waals surface area contributed by atoms with Crippen LogP contribution in [-0.4, -0.2) is 37.5 Å². The summed E-state index contributed by atoms with van der Waals surface area (Å²) < 4.78 is 25.2. The predicted octanol–water partition coefficient (Wildman–Crippen LogP) is 2.64. The molecule has 0 aromatic heterocycles. The molecule has 1 aliphatic rings. The second kappa shape index (κ2) is 7.93. The summed E-state index contributed by atoms with van der Waals surface area (Å²) in [4.78, 5) is 12.3. The molecule has 1 aromatic rings. The van der Waals surface area contributed by atoms with E-state index in [-0.39, 0.29) is 17.6 Å². The highest BCUT2D eigenvalue weighted by atomic mass is 32.2. The monoisotopic (exact) mass is 338 g/mol. The van der Waals surface area contributed by atoms with Crippen molar-refractivity contribution in [3.05, 3.63) is 29.8 Å². The normalized spacial score (nSPS) is 17.1. The summed E-state index contributed by atoms with van der Waals surface area (Å²) in [5.41, 5.74) is 2.07. The molecule has 0 aliphatic carbocycles. The molecule has 23 heavy (non-hydrogen) atoms. The van der Waals surface area contributed by atoms with Crippen molar-refractivity contribution >= 4 is 21.6 Å². The molecule has 0 atom stereocenters. The van der Waals surface area contributed by atoms with Crippen molar-refractivity contribution in [1.29, 1.82) is 0 Å². The number of anilines is 1. The van der Waals surface area contributed by atoms with Crippen LogP contribution in [0.4, 0.5) is 5.69 Å². The van der Waals surface area contributed by atoms with Gasteiger partial charge in [0.25, 0.3) is 0 Å². The van der Waals surface area contributed by atoms with Gasteiger partial charge in [-0.25, -0.2) is 12.7 Å². The molecule has 0 bridgehead atoms. The predicted molar refractivity (Wildman–Crippen MR) is 92.8 cm³/mol. The van der Waals surface area contributed by atoms with Gasteiger partial charge in [-0.05, 0) is 43.9 Å². The summed E-state index contributed by atoms with van der Waals surface area (Å²) in [5.74, 6) is -0.0102. The number of sulfonamides is 1. The molecule has 1 N–H and O–H groups in total. The maximum atomic E-state index is 12.3. The minimum atomic E-state index is -3.14. The fraction of sp³-hybridized carbons (Fsp3) is 0.588. The number of nitrogens with one attached hydrogen (secondary N) is 1. The molecule has 128 valence electrons. The molecule has 1 fully saturated rings. The van der Waals surface area contributed by atoms with Crippen LogP contribution in [0, 0.1) is 5.92 Å². The number of hydrogen-bond acceptors (Lipinski definition) is 3. The van der Waals surface area contributed by atoms with Crippen LogP contribution in [-0.2, 0) is 21.2 Å². The number of carbonyl (C=O) groups is 1. The Hall–Kier alpha value is -1.40. The highest BCUT2D eigenvalue weighted by Crippen LogP contribution is 2.22. The van der Waals surface area contributed by atoms with E-state index in [9.17, 15) is 13.2 Å². The van der Waals surface area contributed by atoms with Gasteiger partial charge in [0.15, 0.2) is 0 Å². The molecule has 6 heteroatoms. The number of aryl methyl sites for hydroxylation is 1. The van der Waals surface area contributed by atoms with E-state index in [1.165, 1.54) is 9.87 Å². The largest absolute Gasteiger partial charge is 0.326 e. The van der Waals surface area contributed by atoms with Gasteiger partial charge in [-0.15, -0.1) is 0 Å². The van der Waals surface area contributed by atoms with Crippen LogP contribution in [0.2, 0.25) is 0 Å². The third-order valence-electron chi connectivity index (χ3n) is 4.34. The molecule has 0 saturated carbocycles. The van der Waals surface area contributed by atoms with Crippen LogP contribution >= 0.6 is 0 Å². The molecule has 5 nitrogen and oxygen atoms in total. The molecular weight excluding hydrogens is 312 g/mol. The molecule has 0 radical (unpaired) electrons. The van der Waals surface area contributed by atoms with Crippen LogP contribution in [0.1, 0.15) is 38.7 Å². The fourth-order valence-electron chi connectivity index (χ4n) is 2.87. The Morgan fingerprint density at radius 1 is 1.17 bits per heavy atom. The molecule has 0 spiro atoms. The highest BCUT2D eigenvalue weighted by Gasteiger charge is 2.30. The molecule has 1 aromatic carbocycles. The Kier molecular flexibility index (Phi) is 6.18. The standard InChI is InChI=1S/C17H26N2O3S/c1-3-5-14-6-8-16(9-7-14)18-17(20)15-10-12-19(13-11-15)23(21,22)4-2/h6-9,15H,3-5,10-13H2,1-2H3,(H,18,20). The SMILES string of the molecule is CCCc1ccc(NC(=O)C2CCN(S(=O)(=O)CC)CC2)cc1. The Labute approximate surface area is 139 Å². The summed E-state index contributed by atoms with van der Waals surface area (Å²) in [5, 5.41) is 2.94. The van der Waals surface area contributed by atoms with Crippen molar-refractivity contribution in [2.75, 3.05) is 24.2 Å². The zero-order valence-corrected chi connectivity index (χ0v) is 14.7. The van der Waals surface area contributed by atoms with E-state index in [4.69, 9.17) is 0 Å². The van der Waals surface area contributed by atoms with Gasteiger partial charge < -0.3 is 5.32 Å². The van der Waals surface area contributed by atoms with E-state index in [0.29, 0.717) is 25.9 Å². The smallest absolute Gasteiger partial charge is 0.227 e. The number of rotatable bonds is 6. The Balaban J connectivity index is 1.88. The lowest BCUT2D eigenvalue weighted by atomic mass is 9.97. The van der Waals surface area contributed by atoms with Gasteiger partial charge in [0.1, 0.15) is 0 Å². The van der Waals surface area contributed by atoms with Crippen LogP contribution in [0.15, 0.2) is 24.3 Å². The molecule has 0 unspecified atom stereocenters. The van der Waals surface area contributed by atoms with E-state index in [1.54, 1.807) is 6.92 Å². The number of piperidine rings is 1. The molecule has 1 saturated heterocycles. The molecule has 1 aliphatic heterocycles. The average molecular weight is 338 g/mol. The number of amides is 1. The lowest BCUT2D eigenvalue weighted by molar-refractivity contribution is -0.120. The van der Waals surface area contributed by atoms with Gasteiger partial charge in [-0.3, -0.25) is 4.79 Å². The molecule has 1 heterocycles. The first-order chi connectivity index (χ1) is 11.0. The van der Waals surface area contributed by atoms with Crippen LogP contribution in [0.3, 0.4) is 0 Å². The summed E-state index contributed by atoms with van der Waals surface area (Å²) in [6, 6.07) is 7.93. The van der Waals surface area contributed by atoms with E-state index >= 15 is 0 Å². The number of carbonyl (C=O) groups excluding carboxylic acids is 1. The topological polar surface area (TPSA) is 66.5 Å². The fourth-order valence-corrected chi connectivity index (χ4v) is 4.00. The van der Waals surface area contributed by atoms with Gasteiger partial charge in [-0.2, -0.15) is 0 Å². The van der Waals surface area contributed by atoms with Crippen molar-refractivity contribution in [3.8, 4) is 0 Å². The zero-order chi connectivity index (χ0) is 16.9. The minimum Gasteiger partial charge on any atom is -0.326 e. The van der Waals surface area contributed by atoms with Crippen LogP contribution < -0.4 is 5.32 Å². The summed E-state index contributed by atoms with van der Waals surface area (Å²) in [6.45, 7) is 4.66. The summed E-state index contributed by atoms with van der Waals surface area (Å²) >= 11 is 0. The first-order valence-electron chi connectivity index (χ1n) is 8.34. The lowest BCUT2D eigenvalue weighted by Gasteiger charge is -2.30. The van der Waals surface area contributed by atoms with Crippen LogP contribution in [0.5, 0.6) is 0 Å². The molecule has 2 rings (SSSR count). The second-order valence-electron chi connectivity index (χ2n) is 6.01. The second-order valence-corrected chi connectivity index (χ2v) is 8.27. The van der Waals surface area contributed by atoms with Crippen molar-refractivity contribution in [2.45, 2.75) is 39.5 Å². The summed E-state index contributed by atoms with van der Waals surface area (Å²) in [6.07, 6.45) is 3.31. The number of hydrogen-bond donors (Lipinski definition) is 1. The van der Waals surface area contributed by atoms with Crippen molar-refractivity contribution in [1.82, 2.24) is 4.31 Å². The van der Waals surface area contributed by atoms with Gasteiger partial charge >= 0.3 is 0 Å². The first-order valence-corrected chi connectivity index (χ1v) is 9.94. The third-order valence-corrected chi connectivity index (χ3v) is 6.22. The lowest BCUT2D eigenvalue weighted by Crippen LogP contribution is -2.42. The Bertz CT molecular complexity index is 618. The van der Waals surface area contributed by atoms with Gasteiger partial charge in [-0.1, -0.05) is 25.5 Å². The average Bonchev–Trinajstić information content (AvgIpc) is 2.57. The zero-order valence-electron chi connectivity index (χ0n) is 13.9. The molecular formula is C17H26N2O3S. The minimum absolute atomic E-state index is 0.0122. The Morgan fingerprint density at radius 2 is 1.78 bits per heavy atom. The third kappa shape index (κ3) is 4.78. The van der Waals surface area contributed by atoms with E-state index < -0.39 is 10.0 Å². The van der Waals surface area contributed by atoms with Crippen molar-refractivity contribution < 1.29 is 13.2 Å². The maximum absolute atomic E-state index is 12.3. The first kappa shape index (κ1) is 17.9. The van der Waals surface area contributed by atoms with Crippen molar-refractivity contribution in [2.24, 2.45) is 5.92 Å². The van der Waals surface area contributed by atoms with Gasteiger partial charge in [0, 0.05) is 24.7 Å². The summed E-state index contributed by atoms with van der Waals surface area (Å²) in [7, 11) is -3.14. The van der Waals surface area contributed by atoms with E-state index in [1.807, 2.05) is 24.3 Å². The Morgan fingerprint density at radius 3 is 2.30 bits per heavy atom. The number of nitrogens with zero attached hydrogens (tertiary/aromatic N) is 1. The highest BCUT2D eigenvalue weighted by molar-refractivity contribution is 7.89.